The number of aromatic nitrogens is 2. The van der Waals surface area contributed by atoms with Crippen LogP contribution in [0.2, 0.25) is 0 Å². The molecule has 0 bridgehead atoms. The van der Waals surface area contributed by atoms with Gasteiger partial charge in [0.25, 0.3) is 0 Å². The summed E-state index contributed by atoms with van der Waals surface area (Å²) < 4.78 is 5.05. The van der Waals surface area contributed by atoms with Gasteiger partial charge in [-0.3, -0.25) is 0 Å². The van der Waals surface area contributed by atoms with E-state index in [1.807, 2.05) is 13.8 Å². The van der Waals surface area contributed by atoms with Gasteiger partial charge >= 0.3 is 0 Å². The molecule has 0 radical (unpaired) electrons. The van der Waals surface area contributed by atoms with Gasteiger partial charge in [-0.1, -0.05) is 0 Å². The molecule has 1 aromatic rings. The average molecular weight is 230 g/mol. The van der Waals surface area contributed by atoms with Crippen molar-refractivity contribution in [3.05, 3.63) is 11.8 Å². The lowest BCUT2D eigenvalue weighted by Crippen LogP contribution is -2.09. The summed E-state index contributed by atoms with van der Waals surface area (Å²) >= 11 is 5.83. The molecule has 5 heteroatoms. The van der Waals surface area contributed by atoms with Crippen molar-refractivity contribution in [3.63, 3.8) is 0 Å². The maximum absolute atomic E-state index is 5.83. The van der Waals surface area contributed by atoms with E-state index in [4.69, 9.17) is 16.3 Å². The first kappa shape index (κ1) is 12.0. The minimum absolute atomic E-state index is 0.157. The van der Waals surface area contributed by atoms with Crippen molar-refractivity contribution in [1.29, 1.82) is 0 Å². The van der Waals surface area contributed by atoms with Crippen molar-refractivity contribution < 1.29 is 4.74 Å². The zero-order valence-electron chi connectivity index (χ0n) is 9.25. The minimum atomic E-state index is 0.157. The van der Waals surface area contributed by atoms with Crippen LogP contribution in [-0.2, 0) is 0 Å². The van der Waals surface area contributed by atoms with Crippen molar-refractivity contribution in [2.75, 3.05) is 19.0 Å². The summed E-state index contributed by atoms with van der Waals surface area (Å²) in [6, 6.07) is 1.79. The van der Waals surface area contributed by atoms with Crippen LogP contribution in [0.3, 0.4) is 0 Å². The zero-order chi connectivity index (χ0) is 11.3. The fraction of sp³-hybridized carbons (Fsp3) is 0.600. The monoisotopic (exact) mass is 229 g/mol. The smallest absolute Gasteiger partial charge is 0.226 e. The normalized spacial score (nSPS) is 12.3. The second-order valence-electron chi connectivity index (χ2n) is 3.37. The van der Waals surface area contributed by atoms with Crippen molar-refractivity contribution in [2.45, 2.75) is 25.6 Å². The molecule has 1 heterocycles. The molecule has 0 spiro atoms. The first-order valence-corrected chi connectivity index (χ1v) is 5.33. The predicted molar refractivity (Wildman–Crippen MR) is 61.7 cm³/mol. The van der Waals surface area contributed by atoms with E-state index in [2.05, 4.69) is 15.3 Å². The number of hydrogen-bond donors (Lipinski definition) is 1. The summed E-state index contributed by atoms with van der Waals surface area (Å²) in [5.74, 6) is 1.16. The number of hydrogen-bond acceptors (Lipinski definition) is 4. The third-order valence-electron chi connectivity index (χ3n) is 1.87. The van der Waals surface area contributed by atoms with Crippen molar-refractivity contribution in [2.24, 2.45) is 0 Å². The number of aryl methyl sites for hydroxylation is 1. The molecule has 84 valence electrons. The topological polar surface area (TPSA) is 47.0 Å². The second-order valence-corrected chi connectivity index (χ2v) is 4.12. The second kappa shape index (κ2) is 5.75. The van der Waals surface area contributed by atoms with Gasteiger partial charge in [-0.05, 0) is 20.3 Å². The number of nitrogens with zero attached hydrogens (tertiary/aromatic N) is 2. The van der Waals surface area contributed by atoms with E-state index >= 15 is 0 Å². The molecule has 4 nitrogen and oxygen atoms in total. The van der Waals surface area contributed by atoms with Crippen LogP contribution in [0.5, 0.6) is 5.88 Å². The Kier molecular flexibility index (Phi) is 4.62. The Morgan fingerprint density at radius 2 is 2.27 bits per heavy atom. The molecular formula is C10H16ClN3O. The van der Waals surface area contributed by atoms with Gasteiger partial charge in [0, 0.05) is 23.7 Å². The Bertz CT molecular complexity index is 318. The average Bonchev–Trinajstić information content (AvgIpc) is 2.16. The predicted octanol–water partition coefficient (Wildman–Crippen LogP) is 2.22. The van der Waals surface area contributed by atoms with Crippen LogP contribution < -0.4 is 10.1 Å². The molecule has 0 fully saturated rings. The van der Waals surface area contributed by atoms with Crippen LogP contribution in [0.1, 0.15) is 19.0 Å². The van der Waals surface area contributed by atoms with Gasteiger partial charge in [-0.2, -0.15) is 4.98 Å². The lowest BCUT2D eigenvalue weighted by Gasteiger charge is -2.07. The molecule has 1 N–H and O–H groups in total. The van der Waals surface area contributed by atoms with Gasteiger partial charge < -0.3 is 10.1 Å². The van der Waals surface area contributed by atoms with Crippen LogP contribution in [0, 0.1) is 6.92 Å². The third kappa shape index (κ3) is 4.34. The Balaban J connectivity index is 2.56. The molecule has 0 aliphatic carbocycles. The number of ether oxygens (including phenoxy) is 1. The quantitative estimate of drug-likeness (QED) is 0.787. The van der Waals surface area contributed by atoms with Gasteiger partial charge in [0.05, 0.1) is 7.11 Å². The molecular weight excluding hydrogens is 214 g/mol. The summed E-state index contributed by atoms with van der Waals surface area (Å²) in [5, 5.41) is 3.26. The van der Waals surface area contributed by atoms with Crippen LogP contribution in [0.25, 0.3) is 0 Å². The minimum Gasteiger partial charge on any atom is -0.481 e. The molecule has 0 aliphatic heterocycles. The molecule has 0 amide bonds. The van der Waals surface area contributed by atoms with E-state index in [9.17, 15) is 0 Å². The highest BCUT2D eigenvalue weighted by atomic mass is 35.5. The van der Waals surface area contributed by atoms with Crippen LogP contribution in [-0.4, -0.2) is 29.0 Å². The Morgan fingerprint density at radius 3 is 2.87 bits per heavy atom. The third-order valence-corrected chi connectivity index (χ3v) is 2.08. The molecule has 15 heavy (non-hydrogen) atoms. The Morgan fingerprint density at radius 1 is 1.53 bits per heavy atom. The highest BCUT2D eigenvalue weighted by Gasteiger charge is 2.02. The van der Waals surface area contributed by atoms with Crippen LogP contribution >= 0.6 is 11.6 Å². The number of halogens is 1. The summed E-state index contributed by atoms with van der Waals surface area (Å²) in [7, 11) is 1.59. The van der Waals surface area contributed by atoms with Gasteiger partial charge in [0.1, 0.15) is 0 Å². The first-order chi connectivity index (χ1) is 7.11. The van der Waals surface area contributed by atoms with E-state index < -0.39 is 0 Å². The zero-order valence-corrected chi connectivity index (χ0v) is 10.0. The van der Waals surface area contributed by atoms with Crippen molar-refractivity contribution in [3.8, 4) is 5.88 Å². The molecule has 0 saturated heterocycles. The standard InChI is InChI=1S/C10H16ClN3O/c1-7(11)4-5-12-10-13-8(2)6-9(14-10)15-3/h6-7H,4-5H2,1-3H3,(H,12,13,14). The van der Waals surface area contributed by atoms with E-state index in [0.29, 0.717) is 11.8 Å². The number of rotatable bonds is 5. The SMILES string of the molecule is COc1cc(C)nc(NCCC(C)Cl)n1. The van der Waals surface area contributed by atoms with E-state index in [0.717, 1.165) is 18.7 Å². The largest absolute Gasteiger partial charge is 0.481 e. The van der Waals surface area contributed by atoms with Crippen molar-refractivity contribution in [1.82, 2.24) is 9.97 Å². The molecule has 1 aromatic heterocycles. The number of alkyl halides is 1. The molecule has 0 aromatic carbocycles. The fourth-order valence-corrected chi connectivity index (χ4v) is 1.22. The molecule has 1 rings (SSSR count). The van der Waals surface area contributed by atoms with E-state index in [1.54, 1.807) is 13.2 Å². The highest BCUT2D eigenvalue weighted by Crippen LogP contribution is 2.11. The maximum atomic E-state index is 5.83. The van der Waals surface area contributed by atoms with Gasteiger partial charge in [-0.15, -0.1) is 11.6 Å². The van der Waals surface area contributed by atoms with Crippen LogP contribution in [0.4, 0.5) is 5.95 Å². The number of anilines is 1. The molecule has 1 atom stereocenters. The lowest BCUT2D eigenvalue weighted by molar-refractivity contribution is 0.397. The van der Waals surface area contributed by atoms with Gasteiger partial charge in [0.15, 0.2) is 0 Å². The Labute approximate surface area is 95.0 Å². The number of methoxy groups -OCH3 is 1. The lowest BCUT2D eigenvalue weighted by atomic mass is 10.3. The first-order valence-electron chi connectivity index (χ1n) is 4.89. The molecule has 0 aliphatic rings. The van der Waals surface area contributed by atoms with E-state index in [1.165, 1.54) is 0 Å². The summed E-state index contributed by atoms with van der Waals surface area (Å²) in [5.41, 5.74) is 0.878. The molecule has 1 unspecified atom stereocenters. The maximum Gasteiger partial charge on any atom is 0.226 e. The van der Waals surface area contributed by atoms with Crippen LogP contribution in [0.15, 0.2) is 6.07 Å². The number of nitrogens with one attached hydrogen (secondary N) is 1. The van der Waals surface area contributed by atoms with Crippen molar-refractivity contribution >= 4 is 17.5 Å². The fourth-order valence-electron chi connectivity index (χ4n) is 1.11. The Hall–Kier alpha value is -1.03. The summed E-state index contributed by atoms with van der Waals surface area (Å²) in [6.45, 7) is 4.62. The summed E-state index contributed by atoms with van der Waals surface area (Å²) in [4.78, 5) is 8.39. The summed E-state index contributed by atoms with van der Waals surface area (Å²) in [6.07, 6.45) is 0.876. The highest BCUT2D eigenvalue weighted by molar-refractivity contribution is 6.20. The van der Waals surface area contributed by atoms with E-state index in [-0.39, 0.29) is 5.38 Å². The molecule has 0 saturated carbocycles. The van der Waals surface area contributed by atoms with Gasteiger partial charge in [-0.25, -0.2) is 4.98 Å². The van der Waals surface area contributed by atoms with Gasteiger partial charge in [0.2, 0.25) is 11.8 Å².